The summed E-state index contributed by atoms with van der Waals surface area (Å²) in [5.41, 5.74) is 2.81. The summed E-state index contributed by atoms with van der Waals surface area (Å²) in [5, 5.41) is 10.6. The zero-order chi connectivity index (χ0) is 25.2. The highest BCUT2D eigenvalue weighted by Crippen LogP contribution is 2.66. The van der Waals surface area contributed by atoms with Crippen LogP contribution in [-0.2, 0) is 9.63 Å². The SMILES string of the molecule is CNCCN(CCNC)C(=O)O/N=C(\C)[C@H]1CC[C@H]2[C@@H]3CCC4=CC(=O)CC[C@]4(C)[C@H]3CC[C@]12C.Cl.Cl. The first kappa shape index (κ1) is 32.1. The van der Waals surface area contributed by atoms with E-state index in [1.54, 1.807) is 4.90 Å². The first-order valence-corrected chi connectivity index (χ1v) is 13.8. The van der Waals surface area contributed by atoms with E-state index in [1.165, 1.54) is 31.3 Å². The minimum atomic E-state index is -0.371. The second-order valence-corrected chi connectivity index (χ2v) is 11.9. The quantitative estimate of drug-likeness (QED) is 0.242. The molecule has 0 aromatic carbocycles. The molecule has 6 atom stereocenters. The van der Waals surface area contributed by atoms with Crippen molar-refractivity contribution in [3.05, 3.63) is 11.6 Å². The van der Waals surface area contributed by atoms with Gasteiger partial charge in [-0.15, -0.1) is 24.8 Å². The van der Waals surface area contributed by atoms with Crippen LogP contribution in [0.2, 0.25) is 0 Å². The average Bonchev–Trinajstić information content (AvgIpc) is 3.20. The van der Waals surface area contributed by atoms with E-state index in [1.807, 2.05) is 20.2 Å². The fourth-order valence-corrected chi connectivity index (χ4v) is 8.27. The molecule has 9 heteroatoms. The van der Waals surface area contributed by atoms with Crippen molar-refractivity contribution in [2.75, 3.05) is 40.3 Å². The number of hydrogen-bond acceptors (Lipinski definition) is 6. The predicted molar refractivity (Wildman–Crippen MR) is 154 cm³/mol. The molecule has 1 amide bonds. The standard InChI is InChI=1S/C28H46N4O3.2ClH/c1-19(31-35-26(34)32(16-14-29-4)17-15-30-5)23-8-9-24-22-7-6-20-18-21(33)10-12-27(20,2)25(22)11-13-28(23,24)3;;/h18,22-25,29-30H,6-17H2,1-5H3;2*1H/b31-19+;;/t22-,23+,24-,25-,27-,28+;;/m0../s1. The van der Waals surface area contributed by atoms with Crippen LogP contribution in [0.4, 0.5) is 4.79 Å². The Morgan fingerprint density at radius 2 is 1.70 bits per heavy atom. The van der Waals surface area contributed by atoms with Crippen LogP contribution < -0.4 is 10.6 Å². The summed E-state index contributed by atoms with van der Waals surface area (Å²) in [6.07, 6.45) is 10.4. The predicted octanol–water partition coefficient (Wildman–Crippen LogP) is 5.23. The summed E-state index contributed by atoms with van der Waals surface area (Å²) >= 11 is 0. The fraction of sp³-hybridized carbons (Fsp3) is 0.821. The van der Waals surface area contributed by atoms with Gasteiger partial charge in [0.15, 0.2) is 5.78 Å². The molecule has 0 aromatic rings. The smallest absolute Gasteiger partial charge is 0.318 e. The van der Waals surface area contributed by atoms with Gasteiger partial charge >= 0.3 is 6.09 Å². The number of amides is 1. The molecule has 3 saturated carbocycles. The normalized spacial score (nSPS) is 34.7. The van der Waals surface area contributed by atoms with Crippen molar-refractivity contribution in [2.24, 2.45) is 39.7 Å². The molecule has 212 valence electrons. The third-order valence-corrected chi connectivity index (χ3v) is 10.3. The number of halogens is 2. The van der Waals surface area contributed by atoms with Crippen LogP contribution in [0.25, 0.3) is 0 Å². The zero-order valence-electron chi connectivity index (χ0n) is 23.3. The van der Waals surface area contributed by atoms with Gasteiger partial charge in [-0.05, 0) is 101 Å². The molecule has 4 rings (SSSR count). The van der Waals surface area contributed by atoms with Crippen molar-refractivity contribution in [1.29, 1.82) is 0 Å². The summed E-state index contributed by atoms with van der Waals surface area (Å²) < 4.78 is 0. The number of hydrogen-bond donors (Lipinski definition) is 2. The molecule has 2 N–H and O–H groups in total. The number of carbonyl (C=O) groups is 2. The number of allylic oxidation sites excluding steroid dienone is 1. The van der Waals surface area contributed by atoms with Gasteiger partial charge in [-0.25, -0.2) is 4.79 Å². The molecule has 37 heavy (non-hydrogen) atoms. The Labute approximate surface area is 235 Å². The maximum atomic E-state index is 12.7. The van der Waals surface area contributed by atoms with Crippen molar-refractivity contribution in [2.45, 2.75) is 72.1 Å². The number of nitrogens with zero attached hydrogens (tertiary/aromatic N) is 2. The molecule has 0 aliphatic heterocycles. The van der Waals surface area contributed by atoms with E-state index in [-0.39, 0.29) is 41.7 Å². The Bertz CT molecular complexity index is 873. The van der Waals surface area contributed by atoms with E-state index < -0.39 is 0 Å². The van der Waals surface area contributed by atoms with Crippen LogP contribution in [0, 0.1) is 34.5 Å². The number of rotatable bonds is 8. The highest BCUT2D eigenvalue weighted by atomic mass is 35.5. The molecule has 4 aliphatic rings. The van der Waals surface area contributed by atoms with Crippen molar-refractivity contribution in [3.8, 4) is 0 Å². The van der Waals surface area contributed by atoms with Gasteiger partial charge in [-0.3, -0.25) is 9.63 Å². The molecule has 0 heterocycles. The maximum absolute atomic E-state index is 12.7. The summed E-state index contributed by atoms with van der Waals surface area (Å²) in [4.78, 5) is 32.0. The molecule has 0 bridgehead atoms. The number of carbonyl (C=O) groups excluding carboxylic acids is 2. The third kappa shape index (κ3) is 6.21. The minimum Gasteiger partial charge on any atom is -0.318 e. The average molecular weight is 560 g/mol. The number of fused-ring (bicyclic) bond motifs is 5. The van der Waals surface area contributed by atoms with Crippen molar-refractivity contribution < 1.29 is 14.4 Å². The molecule has 0 unspecified atom stereocenters. The summed E-state index contributed by atoms with van der Waals surface area (Å²) in [6.45, 7) is 9.59. The Morgan fingerprint density at radius 1 is 1.03 bits per heavy atom. The van der Waals surface area contributed by atoms with Gasteiger partial charge in [-0.2, -0.15) is 0 Å². The van der Waals surface area contributed by atoms with Crippen molar-refractivity contribution >= 4 is 42.4 Å². The van der Waals surface area contributed by atoms with Gasteiger partial charge in [-0.1, -0.05) is 24.6 Å². The van der Waals surface area contributed by atoms with E-state index in [9.17, 15) is 9.59 Å². The molecule has 0 radical (unpaired) electrons. The third-order valence-electron chi connectivity index (χ3n) is 10.3. The van der Waals surface area contributed by atoms with Gasteiger partial charge in [0.2, 0.25) is 0 Å². The van der Waals surface area contributed by atoms with Gasteiger partial charge in [0.1, 0.15) is 0 Å². The molecule has 4 aliphatic carbocycles. The Kier molecular flexibility index (Phi) is 11.5. The zero-order valence-corrected chi connectivity index (χ0v) is 24.9. The van der Waals surface area contributed by atoms with E-state index in [0.717, 1.165) is 44.0 Å². The fourth-order valence-electron chi connectivity index (χ4n) is 8.27. The Morgan fingerprint density at radius 3 is 2.35 bits per heavy atom. The van der Waals surface area contributed by atoms with Crippen molar-refractivity contribution in [3.63, 3.8) is 0 Å². The number of ketones is 1. The second-order valence-electron chi connectivity index (χ2n) is 11.9. The highest BCUT2D eigenvalue weighted by Gasteiger charge is 2.59. The van der Waals surface area contributed by atoms with Gasteiger partial charge < -0.3 is 15.5 Å². The highest BCUT2D eigenvalue weighted by molar-refractivity contribution is 5.91. The van der Waals surface area contributed by atoms with Crippen LogP contribution in [0.15, 0.2) is 16.8 Å². The van der Waals surface area contributed by atoms with Crippen LogP contribution in [0.1, 0.15) is 72.1 Å². The minimum absolute atomic E-state index is 0. The lowest BCUT2D eigenvalue weighted by Gasteiger charge is -2.58. The van der Waals surface area contributed by atoms with E-state index >= 15 is 0 Å². The van der Waals surface area contributed by atoms with Gasteiger partial charge in [0, 0.05) is 38.5 Å². The van der Waals surface area contributed by atoms with Crippen LogP contribution in [0.5, 0.6) is 0 Å². The van der Waals surface area contributed by atoms with Gasteiger partial charge in [0.25, 0.3) is 0 Å². The molecule has 0 aromatic heterocycles. The van der Waals surface area contributed by atoms with Crippen LogP contribution in [-0.4, -0.2) is 62.8 Å². The maximum Gasteiger partial charge on any atom is 0.436 e. The van der Waals surface area contributed by atoms with Gasteiger partial charge in [0.05, 0.1) is 5.71 Å². The van der Waals surface area contributed by atoms with E-state index in [2.05, 4.69) is 36.6 Å². The lowest BCUT2D eigenvalue weighted by Crippen LogP contribution is -2.51. The number of nitrogens with one attached hydrogen (secondary N) is 2. The molecule has 7 nitrogen and oxygen atoms in total. The lowest BCUT2D eigenvalue weighted by molar-refractivity contribution is -0.117. The van der Waals surface area contributed by atoms with E-state index in [0.29, 0.717) is 43.0 Å². The second kappa shape index (κ2) is 13.3. The van der Waals surface area contributed by atoms with Crippen LogP contribution in [0.3, 0.4) is 0 Å². The first-order valence-electron chi connectivity index (χ1n) is 13.8. The molecular weight excluding hydrogens is 511 g/mol. The number of likely N-dealkylation sites (N-methyl/N-ethyl adjacent to an activating group) is 2. The lowest BCUT2D eigenvalue weighted by atomic mass is 9.46. The molecule has 3 fully saturated rings. The summed E-state index contributed by atoms with van der Waals surface area (Å²) in [5.74, 6) is 2.79. The summed E-state index contributed by atoms with van der Waals surface area (Å²) in [7, 11) is 3.76. The van der Waals surface area contributed by atoms with Crippen LogP contribution >= 0.6 is 24.8 Å². The topological polar surface area (TPSA) is 83.0 Å². The van der Waals surface area contributed by atoms with Crippen molar-refractivity contribution in [1.82, 2.24) is 15.5 Å². The molecule has 0 saturated heterocycles. The number of oxime groups is 1. The first-order chi connectivity index (χ1) is 16.7. The largest absolute Gasteiger partial charge is 0.436 e. The summed E-state index contributed by atoms with van der Waals surface area (Å²) in [6, 6.07) is 0. The molecular formula is C28H48Cl2N4O3. The molecule has 0 spiro atoms. The Hall–Kier alpha value is -1.15. The Balaban J connectivity index is 0.00000241. The monoisotopic (exact) mass is 558 g/mol. The van der Waals surface area contributed by atoms with E-state index in [4.69, 9.17) is 4.84 Å².